The third kappa shape index (κ3) is 2.91. The van der Waals surface area contributed by atoms with Crippen LogP contribution >= 0.6 is 11.3 Å². The van der Waals surface area contributed by atoms with Crippen molar-refractivity contribution in [2.75, 3.05) is 11.9 Å². The van der Waals surface area contributed by atoms with Crippen molar-refractivity contribution in [2.24, 2.45) is 0 Å². The predicted molar refractivity (Wildman–Crippen MR) is 64.7 cm³/mol. The first kappa shape index (κ1) is 13.4. The van der Waals surface area contributed by atoms with E-state index < -0.39 is 5.97 Å². The van der Waals surface area contributed by atoms with Gasteiger partial charge >= 0.3 is 5.97 Å². The van der Waals surface area contributed by atoms with Gasteiger partial charge in [-0.1, -0.05) is 0 Å². The maximum atomic E-state index is 11.6. The van der Waals surface area contributed by atoms with Gasteiger partial charge in [0, 0.05) is 6.92 Å². The van der Waals surface area contributed by atoms with Crippen molar-refractivity contribution in [3.8, 4) is 0 Å². The lowest BCUT2D eigenvalue weighted by molar-refractivity contribution is -0.114. The van der Waals surface area contributed by atoms with Gasteiger partial charge in [0.05, 0.1) is 12.2 Å². The zero-order chi connectivity index (χ0) is 13.0. The fourth-order valence-electron chi connectivity index (χ4n) is 1.31. The molecule has 0 aliphatic rings. The van der Waals surface area contributed by atoms with Gasteiger partial charge in [-0.2, -0.15) is 0 Å². The van der Waals surface area contributed by atoms with Gasteiger partial charge in [-0.05, 0) is 19.4 Å². The number of thiophene rings is 1. The summed E-state index contributed by atoms with van der Waals surface area (Å²) < 4.78 is 4.87. The molecule has 0 saturated heterocycles. The molecule has 0 fully saturated rings. The Morgan fingerprint density at radius 3 is 2.59 bits per heavy atom. The maximum absolute atomic E-state index is 11.6. The molecule has 0 spiro atoms. The van der Waals surface area contributed by atoms with Crippen LogP contribution in [0, 0.1) is 6.92 Å². The van der Waals surface area contributed by atoms with E-state index in [1.165, 1.54) is 6.92 Å². The summed E-state index contributed by atoms with van der Waals surface area (Å²) in [5, 5.41) is 2.91. The Kier molecular flexibility index (Phi) is 4.39. The average molecular weight is 255 g/mol. The lowest BCUT2D eigenvalue weighted by Gasteiger charge is -1.98. The Bertz CT molecular complexity index is 464. The molecule has 92 valence electrons. The van der Waals surface area contributed by atoms with E-state index in [0.29, 0.717) is 27.3 Å². The second-order valence-electron chi connectivity index (χ2n) is 3.32. The molecule has 0 aromatic carbocycles. The highest BCUT2D eigenvalue weighted by Crippen LogP contribution is 2.32. The van der Waals surface area contributed by atoms with E-state index >= 15 is 0 Å². The number of nitrogens with one attached hydrogen (secondary N) is 1. The summed E-state index contributed by atoms with van der Waals surface area (Å²) in [6.45, 7) is 4.96. The molecule has 0 radical (unpaired) electrons. The zero-order valence-electron chi connectivity index (χ0n) is 9.83. The number of esters is 1. The number of rotatable bonds is 4. The zero-order valence-corrected chi connectivity index (χ0v) is 10.6. The number of ether oxygens (including phenoxy) is 1. The molecule has 1 heterocycles. The van der Waals surface area contributed by atoms with Crippen LogP contribution in [0.1, 0.15) is 39.4 Å². The number of carbonyl (C=O) groups excluding carboxylic acids is 3. The van der Waals surface area contributed by atoms with Gasteiger partial charge in [-0.25, -0.2) is 4.79 Å². The summed E-state index contributed by atoms with van der Waals surface area (Å²) in [6, 6.07) is 0. The smallest absolute Gasteiger partial charge is 0.348 e. The first-order valence-electron chi connectivity index (χ1n) is 5.04. The highest BCUT2D eigenvalue weighted by Gasteiger charge is 2.21. The van der Waals surface area contributed by atoms with E-state index in [4.69, 9.17) is 4.74 Å². The van der Waals surface area contributed by atoms with Gasteiger partial charge in [0.25, 0.3) is 0 Å². The number of aldehydes is 1. The second-order valence-corrected chi connectivity index (χ2v) is 4.34. The van der Waals surface area contributed by atoms with Gasteiger partial charge in [0.2, 0.25) is 5.91 Å². The molecule has 1 N–H and O–H groups in total. The van der Waals surface area contributed by atoms with Gasteiger partial charge in [-0.15, -0.1) is 11.3 Å². The first-order chi connectivity index (χ1) is 8.01. The summed E-state index contributed by atoms with van der Waals surface area (Å²) in [5.41, 5.74) is 0.862. The maximum Gasteiger partial charge on any atom is 0.348 e. The Balaban J connectivity index is 3.16. The lowest BCUT2D eigenvalue weighted by Crippen LogP contribution is -2.05. The monoisotopic (exact) mass is 255 g/mol. The van der Waals surface area contributed by atoms with Crippen LogP contribution in [0.15, 0.2) is 0 Å². The molecule has 0 aliphatic heterocycles. The van der Waals surface area contributed by atoms with E-state index in [-0.39, 0.29) is 12.5 Å². The Hall–Kier alpha value is -1.69. The molecule has 1 aromatic heterocycles. The molecular weight excluding hydrogens is 242 g/mol. The summed E-state index contributed by atoms with van der Waals surface area (Å²) in [6.07, 6.45) is 0.625. The van der Waals surface area contributed by atoms with Crippen LogP contribution in [-0.4, -0.2) is 24.8 Å². The third-order valence-corrected chi connectivity index (χ3v) is 3.26. The first-order valence-corrected chi connectivity index (χ1v) is 5.86. The Morgan fingerprint density at radius 1 is 1.47 bits per heavy atom. The quantitative estimate of drug-likeness (QED) is 0.659. The van der Waals surface area contributed by atoms with E-state index in [1.54, 1.807) is 13.8 Å². The van der Waals surface area contributed by atoms with Crippen LogP contribution in [-0.2, 0) is 9.53 Å². The molecule has 1 amide bonds. The minimum atomic E-state index is -0.477. The van der Waals surface area contributed by atoms with Gasteiger partial charge in [-0.3, -0.25) is 9.59 Å². The molecular formula is C11H13NO4S. The van der Waals surface area contributed by atoms with Crippen LogP contribution in [0.3, 0.4) is 0 Å². The van der Waals surface area contributed by atoms with E-state index in [1.807, 2.05) is 0 Å². The molecule has 0 aliphatic carbocycles. The topological polar surface area (TPSA) is 72.5 Å². The number of anilines is 1. The third-order valence-electron chi connectivity index (χ3n) is 2.06. The molecule has 0 unspecified atom stereocenters. The number of hydrogen-bond acceptors (Lipinski definition) is 5. The van der Waals surface area contributed by atoms with Crippen molar-refractivity contribution in [3.05, 3.63) is 16.0 Å². The predicted octanol–water partition coefficient (Wildman–Crippen LogP) is 2.00. The van der Waals surface area contributed by atoms with Crippen LogP contribution < -0.4 is 5.32 Å². The lowest BCUT2D eigenvalue weighted by atomic mass is 10.2. The van der Waals surface area contributed by atoms with E-state index in [9.17, 15) is 14.4 Å². The molecule has 0 bridgehead atoms. The van der Waals surface area contributed by atoms with Crippen molar-refractivity contribution < 1.29 is 19.1 Å². The molecule has 0 saturated carbocycles. The summed E-state index contributed by atoms with van der Waals surface area (Å²) in [4.78, 5) is 33.8. The van der Waals surface area contributed by atoms with Crippen molar-refractivity contribution in [3.63, 3.8) is 0 Å². The van der Waals surface area contributed by atoms with Crippen molar-refractivity contribution in [1.82, 2.24) is 0 Å². The fourth-order valence-corrected chi connectivity index (χ4v) is 2.43. The average Bonchev–Trinajstić information content (AvgIpc) is 2.54. The minimum Gasteiger partial charge on any atom is -0.462 e. The van der Waals surface area contributed by atoms with Gasteiger partial charge in [0.15, 0.2) is 6.29 Å². The van der Waals surface area contributed by atoms with E-state index in [0.717, 1.165) is 11.3 Å². The number of amides is 1. The van der Waals surface area contributed by atoms with Crippen LogP contribution in [0.2, 0.25) is 0 Å². The highest BCUT2D eigenvalue weighted by atomic mass is 32.1. The highest BCUT2D eigenvalue weighted by molar-refractivity contribution is 7.18. The van der Waals surface area contributed by atoms with E-state index in [2.05, 4.69) is 5.32 Å². The Morgan fingerprint density at radius 2 is 2.12 bits per heavy atom. The number of carbonyl (C=O) groups is 3. The largest absolute Gasteiger partial charge is 0.462 e. The molecule has 0 atom stereocenters. The Labute approximate surface area is 103 Å². The second kappa shape index (κ2) is 5.58. The number of hydrogen-bond donors (Lipinski definition) is 1. The standard InChI is InChI=1S/C11H13NO4S/c1-4-16-11(15)9-6(2)8(5-13)10(17-9)12-7(3)14/h5H,4H2,1-3H3,(H,12,14). The summed E-state index contributed by atoms with van der Waals surface area (Å²) >= 11 is 1.05. The fraction of sp³-hybridized carbons (Fsp3) is 0.364. The molecule has 1 rings (SSSR count). The van der Waals surface area contributed by atoms with Gasteiger partial charge < -0.3 is 10.1 Å². The molecule has 17 heavy (non-hydrogen) atoms. The SMILES string of the molecule is CCOC(=O)c1sc(NC(C)=O)c(C=O)c1C. The van der Waals surface area contributed by atoms with Gasteiger partial charge in [0.1, 0.15) is 9.88 Å². The normalized spacial score (nSPS) is 9.82. The van der Waals surface area contributed by atoms with Crippen LogP contribution in [0.5, 0.6) is 0 Å². The molecule has 6 heteroatoms. The van der Waals surface area contributed by atoms with Crippen molar-refractivity contribution >= 4 is 34.5 Å². The molecule has 5 nitrogen and oxygen atoms in total. The minimum absolute atomic E-state index is 0.266. The van der Waals surface area contributed by atoms with Crippen LogP contribution in [0.4, 0.5) is 5.00 Å². The van der Waals surface area contributed by atoms with Crippen molar-refractivity contribution in [2.45, 2.75) is 20.8 Å². The van der Waals surface area contributed by atoms with Crippen LogP contribution in [0.25, 0.3) is 0 Å². The molecule has 1 aromatic rings. The summed E-state index contributed by atoms with van der Waals surface area (Å²) in [5.74, 6) is -0.764. The summed E-state index contributed by atoms with van der Waals surface area (Å²) in [7, 11) is 0. The van der Waals surface area contributed by atoms with Crippen molar-refractivity contribution in [1.29, 1.82) is 0 Å².